The first-order chi connectivity index (χ1) is 6.56. The van der Waals surface area contributed by atoms with E-state index in [1.165, 1.54) is 6.07 Å². The highest BCUT2D eigenvalue weighted by atomic mass is 79.9. The summed E-state index contributed by atoms with van der Waals surface area (Å²) in [6.07, 6.45) is -1.76. The molecule has 2 atom stereocenters. The fourth-order valence-corrected chi connectivity index (χ4v) is 1.52. The average Bonchev–Trinajstić information content (AvgIpc) is 2.20. The summed E-state index contributed by atoms with van der Waals surface area (Å²) in [5.41, 5.74) is 1.29. The molecule has 0 radical (unpaired) electrons. The van der Waals surface area contributed by atoms with Crippen molar-refractivity contribution < 1.29 is 15.3 Å². The van der Waals surface area contributed by atoms with Crippen molar-refractivity contribution >= 4 is 15.9 Å². The maximum atomic E-state index is 9.64. The molecule has 14 heavy (non-hydrogen) atoms. The summed E-state index contributed by atoms with van der Waals surface area (Å²) in [4.78, 5) is 0. The molecule has 3 nitrogen and oxygen atoms in total. The molecule has 2 unspecified atom stereocenters. The Labute approximate surface area is 91.1 Å². The topological polar surface area (TPSA) is 60.7 Å². The van der Waals surface area contributed by atoms with E-state index in [-0.39, 0.29) is 5.75 Å². The van der Waals surface area contributed by atoms with Crippen LogP contribution in [0.15, 0.2) is 18.2 Å². The second kappa shape index (κ2) is 4.77. The highest BCUT2D eigenvalue weighted by molar-refractivity contribution is 9.09. The first-order valence-electron chi connectivity index (χ1n) is 4.28. The van der Waals surface area contributed by atoms with Gasteiger partial charge in [0.1, 0.15) is 11.9 Å². The van der Waals surface area contributed by atoms with Gasteiger partial charge in [0, 0.05) is 5.33 Å². The molecule has 0 bridgehead atoms. The van der Waals surface area contributed by atoms with Crippen molar-refractivity contribution in [1.29, 1.82) is 0 Å². The number of phenolic OH excluding ortho intramolecular Hbond substituents is 1. The first kappa shape index (κ1) is 11.5. The van der Waals surface area contributed by atoms with Crippen molar-refractivity contribution in [2.24, 2.45) is 0 Å². The van der Waals surface area contributed by atoms with Gasteiger partial charge in [0.25, 0.3) is 0 Å². The van der Waals surface area contributed by atoms with Crippen LogP contribution in [0.1, 0.15) is 17.2 Å². The third-order valence-corrected chi connectivity index (χ3v) is 2.75. The lowest BCUT2D eigenvalue weighted by molar-refractivity contribution is 0.0342. The number of phenols is 1. The predicted molar refractivity (Wildman–Crippen MR) is 57.6 cm³/mol. The van der Waals surface area contributed by atoms with Crippen LogP contribution in [0.2, 0.25) is 0 Å². The number of hydrogen-bond acceptors (Lipinski definition) is 3. The molecule has 0 heterocycles. The maximum absolute atomic E-state index is 9.64. The van der Waals surface area contributed by atoms with Crippen LogP contribution in [-0.4, -0.2) is 26.8 Å². The number of halogens is 1. The average molecular weight is 261 g/mol. The van der Waals surface area contributed by atoms with Gasteiger partial charge >= 0.3 is 0 Å². The molecule has 0 saturated heterocycles. The van der Waals surface area contributed by atoms with Gasteiger partial charge in [-0.1, -0.05) is 22.0 Å². The van der Waals surface area contributed by atoms with E-state index in [2.05, 4.69) is 15.9 Å². The van der Waals surface area contributed by atoms with E-state index in [9.17, 15) is 15.3 Å². The zero-order valence-corrected chi connectivity index (χ0v) is 9.40. The number of aromatic hydroxyl groups is 1. The van der Waals surface area contributed by atoms with Gasteiger partial charge in [0.15, 0.2) is 0 Å². The van der Waals surface area contributed by atoms with Crippen molar-refractivity contribution in [3.63, 3.8) is 0 Å². The smallest absolute Gasteiger partial charge is 0.118 e. The summed E-state index contributed by atoms with van der Waals surface area (Å²) in [6, 6.07) is 4.76. The first-order valence-corrected chi connectivity index (χ1v) is 5.40. The summed E-state index contributed by atoms with van der Waals surface area (Å²) < 4.78 is 0. The number of aryl methyl sites for hydroxylation is 1. The molecule has 1 rings (SSSR count). The van der Waals surface area contributed by atoms with E-state index >= 15 is 0 Å². The molecule has 0 amide bonds. The molecule has 0 aliphatic carbocycles. The molecular weight excluding hydrogens is 248 g/mol. The van der Waals surface area contributed by atoms with Crippen LogP contribution >= 0.6 is 15.9 Å². The maximum Gasteiger partial charge on any atom is 0.118 e. The number of hydrogen-bond donors (Lipinski definition) is 3. The number of benzene rings is 1. The van der Waals surface area contributed by atoms with Crippen molar-refractivity contribution in [1.82, 2.24) is 0 Å². The number of aliphatic hydroxyl groups is 2. The Bertz CT molecular complexity index is 314. The second-order valence-electron chi connectivity index (χ2n) is 3.21. The van der Waals surface area contributed by atoms with E-state index < -0.39 is 12.2 Å². The van der Waals surface area contributed by atoms with Gasteiger partial charge < -0.3 is 15.3 Å². The highest BCUT2D eigenvalue weighted by Gasteiger charge is 2.17. The van der Waals surface area contributed by atoms with Gasteiger partial charge in [-0.15, -0.1) is 0 Å². The van der Waals surface area contributed by atoms with E-state index in [1.807, 2.05) is 0 Å². The Morgan fingerprint density at radius 2 is 2.00 bits per heavy atom. The van der Waals surface area contributed by atoms with Gasteiger partial charge in [0.2, 0.25) is 0 Å². The van der Waals surface area contributed by atoms with Crippen LogP contribution in [0.3, 0.4) is 0 Å². The third-order valence-electron chi connectivity index (χ3n) is 2.08. The Morgan fingerprint density at radius 1 is 1.36 bits per heavy atom. The Morgan fingerprint density at radius 3 is 2.50 bits per heavy atom. The number of rotatable bonds is 3. The van der Waals surface area contributed by atoms with Crippen molar-refractivity contribution in [2.75, 3.05) is 5.33 Å². The van der Waals surface area contributed by atoms with Crippen LogP contribution in [0.4, 0.5) is 0 Å². The van der Waals surface area contributed by atoms with Gasteiger partial charge in [-0.05, 0) is 30.2 Å². The van der Waals surface area contributed by atoms with Crippen LogP contribution in [0.25, 0.3) is 0 Å². The summed E-state index contributed by atoms with van der Waals surface area (Å²) in [5, 5.41) is 28.6. The van der Waals surface area contributed by atoms with Gasteiger partial charge in [0.05, 0.1) is 6.10 Å². The Balaban J connectivity index is 2.91. The Hall–Kier alpha value is -0.580. The molecule has 0 spiro atoms. The van der Waals surface area contributed by atoms with Gasteiger partial charge in [-0.2, -0.15) is 0 Å². The monoisotopic (exact) mass is 260 g/mol. The summed E-state index contributed by atoms with van der Waals surface area (Å²) >= 11 is 3.09. The van der Waals surface area contributed by atoms with Crippen molar-refractivity contribution in [3.05, 3.63) is 29.3 Å². The molecule has 0 saturated carbocycles. The summed E-state index contributed by atoms with van der Waals surface area (Å²) in [5.74, 6) is 0.189. The zero-order valence-electron chi connectivity index (χ0n) is 7.81. The van der Waals surface area contributed by atoms with Crippen molar-refractivity contribution in [3.8, 4) is 5.75 Å². The molecule has 1 aromatic rings. The molecule has 0 aliphatic rings. The lowest BCUT2D eigenvalue weighted by atomic mass is 10.0. The van der Waals surface area contributed by atoms with Crippen LogP contribution in [-0.2, 0) is 0 Å². The van der Waals surface area contributed by atoms with Gasteiger partial charge in [-0.25, -0.2) is 0 Å². The molecule has 78 valence electrons. The van der Waals surface area contributed by atoms with Crippen molar-refractivity contribution in [2.45, 2.75) is 19.1 Å². The lowest BCUT2D eigenvalue weighted by Crippen LogP contribution is -2.19. The molecular formula is C10H13BrO3. The molecule has 0 fully saturated rings. The second-order valence-corrected chi connectivity index (χ2v) is 3.86. The molecule has 0 aromatic heterocycles. The molecule has 0 aliphatic heterocycles. The zero-order chi connectivity index (χ0) is 10.7. The fourth-order valence-electron chi connectivity index (χ4n) is 1.17. The molecule has 4 heteroatoms. The summed E-state index contributed by atoms with van der Waals surface area (Å²) in [7, 11) is 0. The quantitative estimate of drug-likeness (QED) is 0.722. The van der Waals surface area contributed by atoms with Crippen LogP contribution < -0.4 is 0 Å². The molecule has 1 aromatic carbocycles. The van der Waals surface area contributed by atoms with E-state index in [0.29, 0.717) is 16.5 Å². The lowest BCUT2D eigenvalue weighted by Gasteiger charge is -2.16. The highest BCUT2D eigenvalue weighted by Crippen LogP contribution is 2.23. The Kier molecular flexibility index (Phi) is 3.92. The minimum Gasteiger partial charge on any atom is -0.508 e. The van der Waals surface area contributed by atoms with E-state index in [0.717, 1.165) is 0 Å². The van der Waals surface area contributed by atoms with Crippen LogP contribution in [0, 0.1) is 6.92 Å². The largest absolute Gasteiger partial charge is 0.508 e. The minimum absolute atomic E-state index is 0.189. The normalized spacial score (nSPS) is 15.1. The standard InChI is InChI=1S/C10H13BrO3/c1-6-4-7(2-3-8(6)12)10(14)9(13)5-11/h2-4,9-10,12-14H,5H2,1H3. The fraction of sp³-hybridized carbons (Fsp3) is 0.400. The van der Waals surface area contributed by atoms with Crippen LogP contribution in [0.5, 0.6) is 5.75 Å². The summed E-state index contributed by atoms with van der Waals surface area (Å²) in [6.45, 7) is 1.74. The third kappa shape index (κ3) is 2.47. The molecule has 3 N–H and O–H groups in total. The van der Waals surface area contributed by atoms with E-state index in [4.69, 9.17) is 0 Å². The predicted octanol–water partition coefficient (Wildman–Crippen LogP) is 1.49. The van der Waals surface area contributed by atoms with E-state index in [1.54, 1.807) is 19.1 Å². The number of alkyl halides is 1. The van der Waals surface area contributed by atoms with Gasteiger partial charge in [-0.3, -0.25) is 0 Å². The minimum atomic E-state index is -0.923. The SMILES string of the molecule is Cc1cc(C(O)C(O)CBr)ccc1O. The number of aliphatic hydroxyl groups excluding tert-OH is 2.